The van der Waals surface area contributed by atoms with Crippen LogP contribution in [0.4, 0.5) is 0 Å². The Morgan fingerprint density at radius 3 is 2.24 bits per heavy atom. The van der Waals surface area contributed by atoms with Crippen molar-refractivity contribution < 1.29 is 14.7 Å². The van der Waals surface area contributed by atoms with E-state index < -0.39 is 5.97 Å². The summed E-state index contributed by atoms with van der Waals surface area (Å²) in [6.07, 6.45) is 0.264. The quantitative estimate of drug-likeness (QED) is 0.789. The average molecular weight is 229 g/mol. The normalized spacial score (nSPS) is 10.1. The summed E-state index contributed by atoms with van der Waals surface area (Å²) in [6.45, 7) is 0. The zero-order valence-electron chi connectivity index (χ0n) is 9.01. The molecular weight excluding hydrogens is 218 g/mol. The number of carbonyl (C=O) groups is 2. The molecule has 0 fully saturated rings. The van der Waals surface area contributed by atoms with Crippen molar-refractivity contribution in [3.05, 3.63) is 59.4 Å². The summed E-state index contributed by atoms with van der Waals surface area (Å²) in [4.78, 5) is 25.1. The largest absolute Gasteiger partial charge is 0.477 e. The molecule has 4 heteroatoms. The van der Waals surface area contributed by atoms with Gasteiger partial charge in [0.1, 0.15) is 5.69 Å². The molecule has 0 saturated carbocycles. The number of hydrogen-bond donors (Lipinski definition) is 2. The molecule has 1 heterocycles. The van der Waals surface area contributed by atoms with Crippen molar-refractivity contribution in [2.75, 3.05) is 0 Å². The van der Waals surface area contributed by atoms with Gasteiger partial charge >= 0.3 is 5.97 Å². The Kier molecular flexibility index (Phi) is 3.05. The number of ketones is 1. The molecule has 17 heavy (non-hydrogen) atoms. The molecule has 0 unspecified atom stereocenters. The highest BCUT2D eigenvalue weighted by Crippen LogP contribution is 2.08. The van der Waals surface area contributed by atoms with Crippen LogP contribution in [0.15, 0.2) is 42.5 Å². The Balaban J connectivity index is 2.12. The first-order valence-corrected chi connectivity index (χ1v) is 5.16. The third-order valence-corrected chi connectivity index (χ3v) is 2.42. The Morgan fingerprint density at radius 2 is 1.65 bits per heavy atom. The van der Waals surface area contributed by atoms with E-state index in [1.165, 1.54) is 12.1 Å². The van der Waals surface area contributed by atoms with Crippen LogP contribution in [0.25, 0.3) is 0 Å². The van der Waals surface area contributed by atoms with Gasteiger partial charge in [-0.3, -0.25) is 4.79 Å². The van der Waals surface area contributed by atoms with Crippen molar-refractivity contribution in [2.45, 2.75) is 6.42 Å². The van der Waals surface area contributed by atoms with Crippen molar-refractivity contribution in [3.8, 4) is 0 Å². The van der Waals surface area contributed by atoms with Gasteiger partial charge in [0, 0.05) is 6.42 Å². The van der Waals surface area contributed by atoms with Crippen LogP contribution in [0.2, 0.25) is 0 Å². The monoisotopic (exact) mass is 229 g/mol. The molecule has 86 valence electrons. The van der Waals surface area contributed by atoms with Gasteiger partial charge < -0.3 is 10.1 Å². The van der Waals surface area contributed by atoms with Gasteiger partial charge in [0.05, 0.1) is 5.69 Å². The molecule has 1 aromatic carbocycles. The number of carboxylic acids is 1. The molecule has 2 N–H and O–H groups in total. The number of carbonyl (C=O) groups excluding carboxylic acids is 1. The molecule has 0 aliphatic rings. The summed E-state index contributed by atoms with van der Waals surface area (Å²) in [5.41, 5.74) is 1.26. The second-order valence-electron chi connectivity index (χ2n) is 3.68. The van der Waals surface area contributed by atoms with Gasteiger partial charge in [-0.25, -0.2) is 4.79 Å². The van der Waals surface area contributed by atoms with Gasteiger partial charge in [-0.1, -0.05) is 30.3 Å². The molecule has 4 nitrogen and oxygen atoms in total. The lowest BCUT2D eigenvalue weighted by Gasteiger charge is -1.98. The molecular formula is C13H11NO3. The highest BCUT2D eigenvalue weighted by atomic mass is 16.4. The van der Waals surface area contributed by atoms with Crippen molar-refractivity contribution in [1.82, 2.24) is 4.98 Å². The van der Waals surface area contributed by atoms with Crippen molar-refractivity contribution >= 4 is 11.8 Å². The van der Waals surface area contributed by atoms with E-state index in [1.807, 2.05) is 30.3 Å². The Morgan fingerprint density at radius 1 is 1.00 bits per heavy atom. The molecule has 0 radical (unpaired) electrons. The van der Waals surface area contributed by atoms with Crippen LogP contribution in [-0.2, 0) is 6.42 Å². The maximum atomic E-state index is 11.8. The number of Topliss-reactive ketones (excluding diaryl/α,β-unsaturated/α-hetero) is 1. The van der Waals surface area contributed by atoms with Crippen LogP contribution in [0.3, 0.4) is 0 Å². The summed E-state index contributed by atoms with van der Waals surface area (Å²) in [5, 5.41) is 8.73. The third kappa shape index (κ3) is 2.60. The van der Waals surface area contributed by atoms with Crippen LogP contribution < -0.4 is 0 Å². The number of H-pyrrole nitrogens is 1. The molecule has 0 amide bonds. The molecule has 2 aromatic rings. The molecule has 1 aromatic heterocycles. The molecule has 0 aliphatic carbocycles. The first kappa shape index (κ1) is 11.1. The second-order valence-corrected chi connectivity index (χ2v) is 3.68. The minimum atomic E-state index is -1.07. The number of nitrogens with one attached hydrogen (secondary N) is 1. The Bertz CT molecular complexity index is 543. The Labute approximate surface area is 97.9 Å². The molecule has 2 rings (SSSR count). The van der Waals surface area contributed by atoms with Crippen LogP contribution >= 0.6 is 0 Å². The molecule has 0 bridgehead atoms. The van der Waals surface area contributed by atoms with E-state index >= 15 is 0 Å². The van der Waals surface area contributed by atoms with Crippen LogP contribution in [0, 0.1) is 0 Å². The number of benzene rings is 1. The lowest BCUT2D eigenvalue weighted by Crippen LogP contribution is -2.05. The Hall–Kier alpha value is -2.36. The maximum absolute atomic E-state index is 11.8. The van der Waals surface area contributed by atoms with Crippen molar-refractivity contribution in [3.63, 3.8) is 0 Å². The highest BCUT2D eigenvalue weighted by molar-refractivity contribution is 5.97. The van der Waals surface area contributed by atoms with E-state index in [1.54, 1.807) is 0 Å². The number of aromatic carboxylic acids is 1. The predicted molar refractivity (Wildman–Crippen MR) is 62.2 cm³/mol. The van der Waals surface area contributed by atoms with Gasteiger partial charge in [-0.05, 0) is 17.7 Å². The van der Waals surface area contributed by atoms with Crippen LogP contribution in [-0.4, -0.2) is 21.8 Å². The first-order chi connectivity index (χ1) is 8.16. The van der Waals surface area contributed by atoms with Gasteiger partial charge in [-0.2, -0.15) is 0 Å². The second kappa shape index (κ2) is 4.65. The van der Waals surface area contributed by atoms with E-state index in [0.29, 0.717) is 5.69 Å². The first-order valence-electron chi connectivity index (χ1n) is 5.16. The summed E-state index contributed by atoms with van der Waals surface area (Å²) < 4.78 is 0. The highest BCUT2D eigenvalue weighted by Gasteiger charge is 2.12. The summed E-state index contributed by atoms with van der Waals surface area (Å²) in [6, 6.07) is 12.2. The van der Waals surface area contributed by atoms with E-state index in [0.717, 1.165) is 5.56 Å². The topological polar surface area (TPSA) is 70.2 Å². The van der Waals surface area contributed by atoms with Gasteiger partial charge in [-0.15, -0.1) is 0 Å². The number of aromatic amines is 1. The number of carboxylic acid groups (broad SMARTS) is 1. The lowest BCUT2D eigenvalue weighted by atomic mass is 10.1. The summed E-state index contributed by atoms with van der Waals surface area (Å²) >= 11 is 0. The van der Waals surface area contributed by atoms with E-state index in [9.17, 15) is 9.59 Å². The molecule has 0 saturated heterocycles. The lowest BCUT2D eigenvalue weighted by molar-refractivity contribution is 0.0691. The number of rotatable bonds is 4. The predicted octanol–water partition coefficient (Wildman–Crippen LogP) is 2.14. The summed E-state index contributed by atoms with van der Waals surface area (Å²) in [7, 11) is 0. The van der Waals surface area contributed by atoms with Crippen LogP contribution in [0.1, 0.15) is 26.5 Å². The fourth-order valence-corrected chi connectivity index (χ4v) is 1.56. The van der Waals surface area contributed by atoms with Crippen LogP contribution in [0.5, 0.6) is 0 Å². The standard InChI is InChI=1S/C13H11NO3/c15-12(8-9-4-2-1-3-5-9)10-6-7-11(14-10)13(16)17/h1-7,14H,8H2,(H,16,17). The van der Waals surface area contributed by atoms with Crippen molar-refractivity contribution in [1.29, 1.82) is 0 Å². The SMILES string of the molecule is O=C(O)c1ccc(C(=O)Cc2ccccc2)[nH]1. The van der Waals surface area contributed by atoms with Gasteiger partial charge in [0.25, 0.3) is 0 Å². The minimum Gasteiger partial charge on any atom is -0.477 e. The van der Waals surface area contributed by atoms with E-state index in [2.05, 4.69) is 4.98 Å². The smallest absolute Gasteiger partial charge is 0.352 e. The minimum absolute atomic E-state index is 0.0291. The van der Waals surface area contributed by atoms with E-state index in [-0.39, 0.29) is 17.9 Å². The van der Waals surface area contributed by atoms with Gasteiger partial charge in [0.15, 0.2) is 5.78 Å². The zero-order valence-corrected chi connectivity index (χ0v) is 9.01. The molecule has 0 spiro atoms. The zero-order chi connectivity index (χ0) is 12.3. The van der Waals surface area contributed by atoms with E-state index in [4.69, 9.17) is 5.11 Å². The molecule has 0 atom stereocenters. The third-order valence-electron chi connectivity index (χ3n) is 2.42. The fraction of sp³-hybridized carbons (Fsp3) is 0.0769. The number of hydrogen-bond acceptors (Lipinski definition) is 2. The number of aromatic nitrogens is 1. The van der Waals surface area contributed by atoms with Crippen molar-refractivity contribution in [2.24, 2.45) is 0 Å². The maximum Gasteiger partial charge on any atom is 0.352 e. The fourth-order valence-electron chi connectivity index (χ4n) is 1.56. The average Bonchev–Trinajstić information content (AvgIpc) is 2.79. The summed E-state index contributed by atoms with van der Waals surface area (Å²) in [5.74, 6) is -1.19. The van der Waals surface area contributed by atoms with Gasteiger partial charge in [0.2, 0.25) is 0 Å². The molecule has 0 aliphatic heterocycles.